The van der Waals surface area contributed by atoms with Gasteiger partial charge in [-0.25, -0.2) is 0 Å². The quantitative estimate of drug-likeness (QED) is 0.709. The van der Waals surface area contributed by atoms with E-state index in [1.54, 1.807) is 19.1 Å². The summed E-state index contributed by atoms with van der Waals surface area (Å²) in [5.41, 5.74) is 0.613. The molecule has 5 nitrogen and oxygen atoms in total. The van der Waals surface area contributed by atoms with Crippen LogP contribution in [0, 0.1) is 34.5 Å². The highest BCUT2D eigenvalue weighted by atomic mass is 16.5. The van der Waals surface area contributed by atoms with Crippen molar-refractivity contribution in [2.24, 2.45) is 34.5 Å². The molecule has 0 heterocycles. The summed E-state index contributed by atoms with van der Waals surface area (Å²) >= 11 is 0. The lowest BCUT2D eigenvalue weighted by Gasteiger charge is -2.58. The predicted molar refractivity (Wildman–Crippen MR) is 109 cm³/mol. The first-order valence-corrected chi connectivity index (χ1v) is 11.1. The summed E-state index contributed by atoms with van der Waals surface area (Å²) in [6, 6.07) is 0. The van der Waals surface area contributed by atoms with Crippen LogP contribution in [0.4, 0.5) is 0 Å². The van der Waals surface area contributed by atoms with E-state index in [2.05, 4.69) is 20.8 Å². The van der Waals surface area contributed by atoms with Crippen LogP contribution in [-0.2, 0) is 14.3 Å². The standard InChI is InChI=1S/C24H34O5/c1-13-9-18-17-6-5-15-11-16(26)7-8-23(15,3)21(17)19(27)12-24(18,4)22(13)29-20(28)10-14(2)25/h7-8,11,13-14,17-19,21-22,25,27H,5-6,9-10,12H2,1-4H3/t13?,14-,17?,18?,19?,21?,22?,23?,24?/m1/s1. The molecular formula is C24H34O5. The Morgan fingerprint density at radius 1 is 1.38 bits per heavy atom. The zero-order valence-corrected chi connectivity index (χ0v) is 17.9. The molecule has 0 radical (unpaired) electrons. The molecule has 0 aromatic carbocycles. The smallest absolute Gasteiger partial charge is 0.308 e. The van der Waals surface area contributed by atoms with Crippen LogP contribution < -0.4 is 0 Å². The third-order valence-electron chi connectivity index (χ3n) is 8.44. The molecule has 3 fully saturated rings. The predicted octanol–water partition coefficient (Wildman–Crippen LogP) is 3.19. The normalized spacial score (nSPS) is 47.0. The van der Waals surface area contributed by atoms with Crippen molar-refractivity contribution in [2.45, 2.75) is 78.1 Å². The summed E-state index contributed by atoms with van der Waals surface area (Å²) in [4.78, 5) is 24.2. The van der Waals surface area contributed by atoms with E-state index in [4.69, 9.17) is 4.74 Å². The average Bonchev–Trinajstić information content (AvgIpc) is 2.85. The van der Waals surface area contributed by atoms with Crippen LogP contribution in [0.1, 0.15) is 59.8 Å². The van der Waals surface area contributed by atoms with Crippen molar-refractivity contribution in [3.8, 4) is 0 Å². The summed E-state index contributed by atoms with van der Waals surface area (Å²) in [5, 5.41) is 20.9. The fourth-order valence-corrected chi connectivity index (χ4v) is 7.33. The molecule has 4 aliphatic carbocycles. The number of ketones is 1. The largest absolute Gasteiger partial charge is 0.461 e. The van der Waals surface area contributed by atoms with E-state index in [1.807, 2.05) is 6.08 Å². The monoisotopic (exact) mass is 402 g/mol. The fourth-order valence-electron chi connectivity index (χ4n) is 7.33. The van der Waals surface area contributed by atoms with Gasteiger partial charge in [-0.3, -0.25) is 9.59 Å². The Morgan fingerprint density at radius 2 is 2.10 bits per heavy atom. The minimum Gasteiger partial charge on any atom is -0.461 e. The van der Waals surface area contributed by atoms with E-state index in [1.165, 1.54) is 0 Å². The number of carbonyl (C=O) groups is 2. The molecule has 0 aliphatic heterocycles. The molecule has 8 unspecified atom stereocenters. The van der Waals surface area contributed by atoms with Gasteiger partial charge in [-0.15, -0.1) is 0 Å². The van der Waals surface area contributed by atoms with E-state index < -0.39 is 12.2 Å². The Bertz CT molecular complexity index is 767. The number of fused-ring (bicyclic) bond motifs is 5. The number of allylic oxidation sites excluding steroid dienone is 4. The van der Waals surface area contributed by atoms with Crippen molar-refractivity contribution in [3.05, 3.63) is 23.8 Å². The molecule has 3 saturated carbocycles. The highest BCUT2D eigenvalue weighted by Gasteiger charge is 2.64. The molecule has 0 bridgehead atoms. The van der Waals surface area contributed by atoms with E-state index in [0.29, 0.717) is 18.3 Å². The van der Waals surface area contributed by atoms with Gasteiger partial charge in [-0.2, -0.15) is 0 Å². The number of rotatable bonds is 3. The van der Waals surface area contributed by atoms with Crippen molar-refractivity contribution in [1.82, 2.24) is 0 Å². The van der Waals surface area contributed by atoms with E-state index in [0.717, 1.165) is 24.8 Å². The highest BCUT2D eigenvalue weighted by Crippen LogP contribution is 2.65. The van der Waals surface area contributed by atoms with Gasteiger partial charge >= 0.3 is 5.97 Å². The van der Waals surface area contributed by atoms with Gasteiger partial charge in [0.1, 0.15) is 6.10 Å². The Kier molecular flexibility index (Phi) is 5.06. The number of hydrogen-bond donors (Lipinski definition) is 2. The zero-order chi connectivity index (χ0) is 21.1. The maximum atomic E-state index is 12.3. The maximum absolute atomic E-state index is 12.3. The van der Waals surface area contributed by atoms with Gasteiger partial charge in [0.15, 0.2) is 5.78 Å². The lowest BCUT2D eigenvalue weighted by molar-refractivity contribution is -0.172. The second kappa shape index (κ2) is 7.05. The van der Waals surface area contributed by atoms with Crippen molar-refractivity contribution >= 4 is 11.8 Å². The molecule has 29 heavy (non-hydrogen) atoms. The topological polar surface area (TPSA) is 83.8 Å². The molecule has 160 valence electrons. The second-order valence-electron chi connectivity index (χ2n) is 10.5. The minimum atomic E-state index is -0.714. The van der Waals surface area contributed by atoms with Gasteiger partial charge in [-0.05, 0) is 62.5 Å². The number of carbonyl (C=O) groups excluding carboxylic acids is 2. The van der Waals surface area contributed by atoms with Crippen molar-refractivity contribution in [1.29, 1.82) is 0 Å². The first-order chi connectivity index (χ1) is 13.6. The third kappa shape index (κ3) is 3.21. The molecule has 0 amide bonds. The molecule has 4 aliphatic rings. The molecule has 4 rings (SSSR count). The van der Waals surface area contributed by atoms with Crippen LogP contribution in [0.5, 0.6) is 0 Å². The zero-order valence-electron chi connectivity index (χ0n) is 17.9. The Balaban J connectivity index is 1.63. The van der Waals surface area contributed by atoms with E-state index in [9.17, 15) is 19.8 Å². The van der Waals surface area contributed by atoms with Gasteiger partial charge in [0.05, 0.1) is 18.6 Å². The number of aliphatic hydroxyl groups is 2. The summed E-state index contributed by atoms with van der Waals surface area (Å²) < 4.78 is 5.90. The van der Waals surface area contributed by atoms with Gasteiger partial charge < -0.3 is 14.9 Å². The Morgan fingerprint density at radius 3 is 2.79 bits per heavy atom. The first kappa shape index (κ1) is 20.8. The Labute approximate surface area is 173 Å². The van der Waals surface area contributed by atoms with Crippen LogP contribution in [0.3, 0.4) is 0 Å². The third-order valence-corrected chi connectivity index (χ3v) is 8.44. The summed E-state index contributed by atoms with van der Waals surface area (Å²) in [6.45, 7) is 8.08. The van der Waals surface area contributed by atoms with E-state index >= 15 is 0 Å². The molecule has 0 aromatic rings. The summed E-state index contributed by atoms with van der Waals surface area (Å²) in [7, 11) is 0. The van der Waals surface area contributed by atoms with Crippen molar-refractivity contribution < 1.29 is 24.5 Å². The van der Waals surface area contributed by atoms with Crippen LogP contribution in [-0.4, -0.2) is 40.3 Å². The second-order valence-corrected chi connectivity index (χ2v) is 10.5. The maximum Gasteiger partial charge on any atom is 0.308 e. The summed E-state index contributed by atoms with van der Waals surface area (Å²) in [5.74, 6) is 0.716. The molecular weight excluding hydrogens is 368 g/mol. The Hall–Kier alpha value is -1.46. The van der Waals surface area contributed by atoms with Crippen molar-refractivity contribution in [3.63, 3.8) is 0 Å². The number of hydrogen-bond acceptors (Lipinski definition) is 5. The average molecular weight is 403 g/mol. The number of esters is 1. The SMILES string of the molecule is CC1CC2C3CCC4=CC(=O)C=CC4(C)C3C(O)CC2(C)C1OC(=O)C[C@@H](C)O. The van der Waals surface area contributed by atoms with Crippen LogP contribution >= 0.6 is 0 Å². The van der Waals surface area contributed by atoms with Gasteiger partial charge in [-0.1, -0.05) is 32.4 Å². The van der Waals surface area contributed by atoms with Crippen molar-refractivity contribution in [2.75, 3.05) is 0 Å². The molecule has 9 atom stereocenters. The lowest BCUT2D eigenvalue weighted by Crippen LogP contribution is -2.57. The highest BCUT2D eigenvalue weighted by molar-refractivity contribution is 6.01. The van der Waals surface area contributed by atoms with Crippen LogP contribution in [0.2, 0.25) is 0 Å². The molecule has 0 aromatic heterocycles. The molecule has 0 spiro atoms. The number of aliphatic hydroxyl groups excluding tert-OH is 2. The van der Waals surface area contributed by atoms with Crippen LogP contribution in [0.15, 0.2) is 23.8 Å². The molecule has 2 N–H and O–H groups in total. The van der Waals surface area contributed by atoms with Crippen LogP contribution in [0.25, 0.3) is 0 Å². The fraction of sp³-hybridized carbons (Fsp3) is 0.750. The lowest BCUT2D eigenvalue weighted by atomic mass is 9.47. The first-order valence-electron chi connectivity index (χ1n) is 11.1. The number of ether oxygens (including phenoxy) is 1. The van der Waals surface area contributed by atoms with E-state index in [-0.39, 0.29) is 46.9 Å². The summed E-state index contributed by atoms with van der Waals surface area (Å²) in [6.07, 6.45) is 7.43. The van der Waals surface area contributed by atoms with Gasteiger partial charge in [0.2, 0.25) is 0 Å². The van der Waals surface area contributed by atoms with Gasteiger partial charge in [0.25, 0.3) is 0 Å². The molecule has 5 heteroatoms. The molecule has 0 saturated heterocycles. The van der Waals surface area contributed by atoms with Gasteiger partial charge in [0, 0.05) is 16.7 Å². The minimum absolute atomic E-state index is 0.00359.